The van der Waals surface area contributed by atoms with Crippen molar-refractivity contribution in [3.05, 3.63) is 29.3 Å². The number of hydrogen-bond donors (Lipinski definition) is 2. The number of benzene rings is 1. The lowest BCUT2D eigenvalue weighted by Crippen LogP contribution is -2.53. The van der Waals surface area contributed by atoms with E-state index >= 15 is 0 Å². The van der Waals surface area contributed by atoms with Gasteiger partial charge in [0, 0.05) is 18.8 Å². The van der Waals surface area contributed by atoms with Gasteiger partial charge in [-0.1, -0.05) is 12.1 Å². The molecule has 1 aliphatic rings. The van der Waals surface area contributed by atoms with E-state index in [4.69, 9.17) is 14.2 Å². The summed E-state index contributed by atoms with van der Waals surface area (Å²) in [5.74, 6) is -0.0697. The zero-order valence-electron chi connectivity index (χ0n) is 15.2. The third-order valence-corrected chi connectivity index (χ3v) is 4.14. The van der Waals surface area contributed by atoms with Crippen molar-refractivity contribution in [3.8, 4) is 0 Å². The Balaban J connectivity index is 0.00000312. The average Bonchev–Trinajstić information content (AvgIpc) is 2.58. The van der Waals surface area contributed by atoms with Gasteiger partial charge in [-0.25, -0.2) is 0 Å². The second-order valence-electron chi connectivity index (χ2n) is 5.84. The lowest BCUT2D eigenvalue weighted by atomic mass is 10.1. The van der Waals surface area contributed by atoms with E-state index in [0.29, 0.717) is 39.6 Å². The van der Waals surface area contributed by atoms with Crippen LogP contribution in [0.5, 0.6) is 0 Å². The van der Waals surface area contributed by atoms with Crippen LogP contribution in [0.1, 0.15) is 25.0 Å². The molecule has 1 fully saturated rings. The molecule has 2 N–H and O–H groups in total. The van der Waals surface area contributed by atoms with Gasteiger partial charge in [0.1, 0.15) is 6.04 Å². The summed E-state index contributed by atoms with van der Waals surface area (Å²) in [6.07, 6.45) is -0.135. The van der Waals surface area contributed by atoms with E-state index in [-0.39, 0.29) is 30.5 Å². The topological polar surface area (TPSA) is 68.8 Å². The van der Waals surface area contributed by atoms with Crippen molar-refractivity contribution in [3.63, 3.8) is 0 Å². The van der Waals surface area contributed by atoms with Gasteiger partial charge in [0.25, 0.3) is 0 Å². The summed E-state index contributed by atoms with van der Waals surface area (Å²) in [4.78, 5) is 12.5. The molecule has 1 amide bonds. The van der Waals surface area contributed by atoms with Crippen LogP contribution in [0.25, 0.3) is 0 Å². The maximum Gasteiger partial charge on any atom is 0.244 e. The number of amides is 1. The Hall–Kier alpha value is -1.18. The molecular formula is C18H29ClN2O4. The molecule has 1 aromatic rings. The summed E-state index contributed by atoms with van der Waals surface area (Å²) in [5.41, 5.74) is 2.89. The summed E-state index contributed by atoms with van der Waals surface area (Å²) in [5, 5.41) is 6.20. The molecule has 2 rings (SSSR count). The van der Waals surface area contributed by atoms with E-state index in [9.17, 15) is 4.79 Å². The van der Waals surface area contributed by atoms with Crippen LogP contribution in [0, 0.1) is 6.92 Å². The highest BCUT2D eigenvalue weighted by Gasteiger charge is 2.28. The van der Waals surface area contributed by atoms with E-state index in [0.717, 1.165) is 16.8 Å². The van der Waals surface area contributed by atoms with Gasteiger partial charge in [-0.05, 0) is 38.0 Å². The molecule has 1 heterocycles. The van der Waals surface area contributed by atoms with Gasteiger partial charge in [-0.2, -0.15) is 0 Å². The number of carbonyl (C=O) groups is 1. The van der Waals surface area contributed by atoms with Gasteiger partial charge in [0.05, 0.1) is 32.5 Å². The maximum atomic E-state index is 12.5. The van der Waals surface area contributed by atoms with Crippen molar-refractivity contribution in [1.29, 1.82) is 0 Å². The summed E-state index contributed by atoms with van der Waals surface area (Å²) >= 11 is 0. The van der Waals surface area contributed by atoms with Gasteiger partial charge in [0.2, 0.25) is 5.91 Å². The van der Waals surface area contributed by atoms with E-state index in [1.54, 1.807) is 0 Å². The molecule has 142 valence electrons. The lowest BCUT2D eigenvalue weighted by Gasteiger charge is -2.29. The van der Waals surface area contributed by atoms with Crippen LogP contribution in [-0.4, -0.2) is 51.0 Å². The number of morpholine rings is 1. The van der Waals surface area contributed by atoms with Gasteiger partial charge in [-0.15, -0.1) is 12.4 Å². The molecule has 0 unspecified atom stereocenters. The predicted octanol–water partition coefficient (Wildman–Crippen LogP) is 2.29. The molecule has 0 aliphatic carbocycles. The molecule has 1 saturated heterocycles. The predicted molar refractivity (Wildman–Crippen MR) is 100 cm³/mol. The zero-order valence-corrected chi connectivity index (χ0v) is 16.0. The highest BCUT2D eigenvalue weighted by Crippen LogP contribution is 2.20. The van der Waals surface area contributed by atoms with Crippen molar-refractivity contribution in [2.24, 2.45) is 0 Å². The van der Waals surface area contributed by atoms with Crippen molar-refractivity contribution < 1.29 is 19.0 Å². The van der Waals surface area contributed by atoms with Crippen molar-refractivity contribution in [2.75, 3.05) is 38.3 Å². The fourth-order valence-electron chi connectivity index (χ4n) is 2.66. The number of anilines is 1. The first kappa shape index (κ1) is 21.9. The number of ether oxygens (including phenoxy) is 3. The van der Waals surface area contributed by atoms with Gasteiger partial charge in [-0.3, -0.25) is 4.79 Å². The molecule has 0 saturated carbocycles. The molecule has 1 aliphatic heterocycles. The van der Waals surface area contributed by atoms with Gasteiger partial charge >= 0.3 is 0 Å². The minimum absolute atomic E-state index is 0. The van der Waals surface area contributed by atoms with Crippen molar-refractivity contribution in [1.82, 2.24) is 5.32 Å². The number of hydrogen-bond acceptors (Lipinski definition) is 5. The fourth-order valence-corrected chi connectivity index (χ4v) is 2.66. The first-order chi connectivity index (χ1) is 11.6. The molecular weight excluding hydrogens is 344 g/mol. The smallest absolute Gasteiger partial charge is 0.244 e. The van der Waals surface area contributed by atoms with Crippen molar-refractivity contribution in [2.45, 2.75) is 39.5 Å². The second kappa shape index (κ2) is 11.4. The van der Waals surface area contributed by atoms with Gasteiger partial charge in [0.15, 0.2) is 0 Å². The lowest BCUT2D eigenvalue weighted by molar-refractivity contribution is -0.123. The Bertz CT molecular complexity index is 542. The molecule has 2 atom stereocenters. The Labute approximate surface area is 156 Å². The largest absolute Gasteiger partial charge is 0.379 e. The van der Waals surface area contributed by atoms with E-state index < -0.39 is 0 Å². The zero-order chi connectivity index (χ0) is 17.4. The molecule has 6 nitrogen and oxygen atoms in total. The van der Waals surface area contributed by atoms with Crippen LogP contribution in [0.4, 0.5) is 5.69 Å². The quantitative estimate of drug-likeness (QED) is 0.685. The summed E-state index contributed by atoms with van der Waals surface area (Å²) in [6, 6.07) is 5.52. The van der Waals surface area contributed by atoms with Crippen LogP contribution in [0.15, 0.2) is 18.2 Å². The molecule has 0 radical (unpaired) electrons. The summed E-state index contributed by atoms with van der Waals surface area (Å²) < 4.78 is 16.4. The fraction of sp³-hybridized carbons (Fsp3) is 0.611. The van der Waals surface area contributed by atoms with E-state index in [1.165, 1.54) is 0 Å². The molecule has 25 heavy (non-hydrogen) atoms. The van der Waals surface area contributed by atoms with Crippen LogP contribution >= 0.6 is 12.4 Å². The normalized spacial score (nSPS) is 20.0. The van der Waals surface area contributed by atoms with E-state index in [2.05, 4.69) is 10.6 Å². The van der Waals surface area contributed by atoms with Crippen molar-refractivity contribution >= 4 is 24.0 Å². The molecule has 1 aromatic carbocycles. The SMILES string of the molecule is CCOCCOCc1cccc(NC(=O)[C@H]2NCCO[C@@H]2C)c1C.Cl. The minimum Gasteiger partial charge on any atom is -0.379 e. The second-order valence-corrected chi connectivity index (χ2v) is 5.84. The first-order valence-electron chi connectivity index (χ1n) is 8.53. The van der Waals surface area contributed by atoms with Crippen LogP contribution in [0.3, 0.4) is 0 Å². The summed E-state index contributed by atoms with van der Waals surface area (Å²) in [6.45, 7) is 9.54. The monoisotopic (exact) mass is 372 g/mol. The molecule has 0 bridgehead atoms. The maximum absolute atomic E-state index is 12.5. The number of rotatable bonds is 8. The van der Waals surface area contributed by atoms with Crippen LogP contribution in [-0.2, 0) is 25.6 Å². The van der Waals surface area contributed by atoms with Crippen LogP contribution < -0.4 is 10.6 Å². The molecule has 0 spiro atoms. The highest BCUT2D eigenvalue weighted by atomic mass is 35.5. The van der Waals surface area contributed by atoms with Crippen LogP contribution in [0.2, 0.25) is 0 Å². The molecule has 0 aromatic heterocycles. The minimum atomic E-state index is -0.329. The Morgan fingerprint density at radius 3 is 2.84 bits per heavy atom. The Morgan fingerprint density at radius 2 is 2.12 bits per heavy atom. The summed E-state index contributed by atoms with van der Waals surface area (Å²) in [7, 11) is 0. The first-order valence-corrected chi connectivity index (χ1v) is 8.53. The number of nitrogens with one attached hydrogen (secondary N) is 2. The standard InChI is InChI=1S/C18H28N2O4.ClH/c1-4-22-10-11-23-12-15-6-5-7-16(13(15)2)20-18(21)17-14(3)24-9-8-19-17;/h5-7,14,17,19H,4,8-12H2,1-3H3,(H,20,21);1H/t14-,17+;/m1./s1. The van der Waals surface area contributed by atoms with E-state index in [1.807, 2.05) is 39.0 Å². The third kappa shape index (κ3) is 6.56. The average molecular weight is 373 g/mol. The van der Waals surface area contributed by atoms with Gasteiger partial charge < -0.3 is 24.8 Å². The number of halogens is 1. The molecule has 7 heteroatoms. The Morgan fingerprint density at radius 1 is 1.36 bits per heavy atom. The highest BCUT2D eigenvalue weighted by molar-refractivity contribution is 5.96. The Kier molecular flexibility index (Phi) is 10.0. The number of carbonyl (C=O) groups excluding carboxylic acids is 1. The third-order valence-electron chi connectivity index (χ3n) is 4.14.